The van der Waals surface area contributed by atoms with Crippen molar-refractivity contribution in [3.8, 4) is 11.1 Å². The van der Waals surface area contributed by atoms with Gasteiger partial charge in [0.1, 0.15) is 0 Å². The molecule has 0 amide bonds. The van der Waals surface area contributed by atoms with Crippen molar-refractivity contribution in [3.05, 3.63) is 125 Å². The smallest absolute Gasteiger partial charge is 1.00 e. The van der Waals surface area contributed by atoms with Crippen molar-refractivity contribution in [2.75, 3.05) is 0 Å². The fourth-order valence-corrected chi connectivity index (χ4v) is 5.51. The maximum atomic E-state index is 2.42. The molecule has 31 heavy (non-hydrogen) atoms. The predicted molar refractivity (Wildman–Crippen MR) is 113 cm³/mol. The van der Waals surface area contributed by atoms with E-state index in [0.29, 0.717) is 0 Å². The van der Waals surface area contributed by atoms with Crippen LogP contribution in [0.2, 0.25) is 0 Å². The van der Waals surface area contributed by atoms with Gasteiger partial charge in [-0.1, -0.05) is 0 Å². The topological polar surface area (TPSA) is 0 Å². The van der Waals surface area contributed by atoms with E-state index in [1.165, 1.54) is 37.2 Å². The summed E-state index contributed by atoms with van der Waals surface area (Å²) in [6.07, 6.45) is 0. The molecule has 154 valence electrons. The van der Waals surface area contributed by atoms with E-state index in [4.69, 9.17) is 0 Å². The van der Waals surface area contributed by atoms with Crippen LogP contribution < -0.4 is 41.1 Å². The molecule has 4 aromatic rings. The second-order valence-electron chi connectivity index (χ2n) is 7.72. The summed E-state index contributed by atoms with van der Waals surface area (Å²) in [4.78, 5) is 0. The summed E-state index contributed by atoms with van der Waals surface area (Å²) in [6.45, 7) is 2.42. The summed E-state index contributed by atoms with van der Waals surface area (Å²) in [5, 5.41) is 0. The maximum Gasteiger partial charge on any atom is -1.00 e. The molecular weight excluding hydrogens is 479 g/mol. The number of benzene rings is 4. The molecule has 0 spiro atoms. The van der Waals surface area contributed by atoms with Gasteiger partial charge in [0.15, 0.2) is 0 Å². The van der Waals surface area contributed by atoms with Crippen molar-refractivity contribution in [3.63, 3.8) is 0 Å². The number of hydrogen-bond donors (Lipinski definition) is 0. The molecule has 5 rings (SSSR count). The molecule has 4 aromatic carbocycles. The summed E-state index contributed by atoms with van der Waals surface area (Å²) in [7, 11) is 0. The number of halogens is 3. The largest absolute Gasteiger partial charge is 1.00 e. The molecule has 0 aliphatic heterocycles. The van der Waals surface area contributed by atoms with E-state index in [1.807, 2.05) is 0 Å². The minimum Gasteiger partial charge on any atom is -1.00 e. The van der Waals surface area contributed by atoms with Crippen molar-refractivity contribution in [2.24, 2.45) is 0 Å². The van der Waals surface area contributed by atoms with Crippen LogP contribution in [0.4, 0.5) is 0 Å². The van der Waals surface area contributed by atoms with Gasteiger partial charge in [-0.05, 0) is 0 Å². The van der Waals surface area contributed by atoms with Gasteiger partial charge in [-0.15, -0.1) is 0 Å². The summed E-state index contributed by atoms with van der Waals surface area (Å²) in [6, 6.07) is 37.7. The van der Waals surface area contributed by atoms with Crippen LogP contribution in [0, 0.1) is 0 Å². The SMILES string of the molecule is CC(c1ccccc1)(c1ccccc1)C1c2ccccc2-c2ccc[c]([Ti+3])c21.[Cl-].[Cl-].[Cl-]. The zero-order valence-corrected chi connectivity index (χ0v) is 20.9. The van der Waals surface area contributed by atoms with E-state index in [0.717, 1.165) is 0 Å². The fraction of sp³-hybridized carbons (Fsp3) is 0.111. The third-order valence-electron chi connectivity index (χ3n) is 6.28. The Hall–Kier alpha value is -1.54. The molecule has 0 saturated heterocycles. The van der Waals surface area contributed by atoms with E-state index >= 15 is 0 Å². The maximum absolute atomic E-state index is 2.42. The molecular formula is C27H21Cl3Ti. The van der Waals surface area contributed by atoms with Gasteiger partial charge in [0.05, 0.1) is 0 Å². The monoisotopic (exact) mass is 498 g/mol. The standard InChI is InChI=1S/C27H21.3ClH.Ti/c1-27(20-12-4-2-5-13-20,21-14-6-3-7-15-21)26-24-18-10-8-16-22(24)23-17-9-11-19-25(23)26;;;;/h2-18,26H,1H3;3*1H;/q;;;;+3/p-3. The molecule has 1 aliphatic rings. The zero-order valence-electron chi connectivity index (χ0n) is 17.0. The van der Waals surface area contributed by atoms with E-state index in [9.17, 15) is 0 Å². The first kappa shape index (κ1) is 25.7. The first-order valence-corrected chi connectivity index (χ1v) is 10.5. The van der Waals surface area contributed by atoms with Crippen LogP contribution >= 0.6 is 0 Å². The van der Waals surface area contributed by atoms with Crippen LogP contribution in [0.25, 0.3) is 11.1 Å². The average Bonchev–Trinajstić information content (AvgIpc) is 3.11. The van der Waals surface area contributed by atoms with Crippen molar-refractivity contribution < 1.29 is 57.7 Å². The third kappa shape index (κ3) is 4.13. The van der Waals surface area contributed by atoms with Crippen molar-refractivity contribution >= 4 is 3.87 Å². The van der Waals surface area contributed by atoms with Crippen LogP contribution in [0.15, 0.2) is 103 Å². The molecule has 0 radical (unpaired) electrons. The average molecular weight is 500 g/mol. The molecule has 4 heteroatoms. The van der Waals surface area contributed by atoms with E-state index in [1.54, 1.807) is 0 Å². The minimum absolute atomic E-state index is 0. The predicted octanol–water partition coefficient (Wildman–Crippen LogP) is -3.01. The van der Waals surface area contributed by atoms with Crippen LogP contribution in [0.5, 0.6) is 0 Å². The Labute approximate surface area is 215 Å². The molecule has 0 heterocycles. The Morgan fingerprint density at radius 1 is 0.581 bits per heavy atom. The Kier molecular flexibility index (Phi) is 8.62. The van der Waals surface area contributed by atoms with Gasteiger partial charge in [-0.3, -0.25) is 0 Å². The Morgan fingerprint density at radius 2 is 1.06 bits per heavy atom. The number of rotatable bonds is 3. The molecule has 1 aliphatic carbocycles. The first-order chi connectivity index (χ1) is 13.7. The van der Waals surface area contributed by atoms with Crippen molar-refractivity contribution in [1.29, 1.82) is 0 Å². The van der Waals surface area contributed by atoms with Crippen LogP contribution in [-0.2, 0) is 25.9 Å². The molecule has 0 fully saturated rings. The van der Waals surface area contributed by atoms with Gasteiger partial charge in [0.25, 0.3) is 0 Å². The van der Waals surface area contributed by atoms with Crippen LogP contribution in [-0.4, -0.2) is 0 Å². The zero-order chi connectivity index (χ0) is 19.1. The molecule has 1 atom stereocenters. The molecule has 0 N–H and O–H groups in total. The summed E-state index contributed by atoms with van der Waals surface area (Å²) < 4.78 is 1.37. The molecule has 0 nitrogen and oxygen atoms in total. The van der Waals surface area contributed by atoms with Crippen LogP contribution in [0.1, 0.15) is 35.1 Å². The fourth-order valence-electron chi connectivity index (χ4n) is 4.93. The first-order valence-electron chi connectivity index (χ1n) is 9.76. The van der Waals surface area contributed by atoms with Crippen molar-refractivity contribution in [1.82, 2.24) is 0 Å². The minimum atomic E-state index is -0.157. The summed E-state index contributed by atoms with van der Waals surface area (Å²) in [5.74, 6) is 0.282. The summed E-state index contributed by atoms with van der Waals surface area (Å²) >= 11 is 2.26. The van der Waals surface area contributed by atoms with Crippen LogP contribution in [0.3, 0.4) is 0 Å². The summed E-state index contributed by atoms with van der Waals surface area (Å²) in [5.41, 5.74) is 8.23. The number of hydrogen-bond acceptors (Lipinski definition) is 0. The third-order valence-corrected chi connectivity index (χ3v) is 6.96. The molecule has 0 saturated carbocycles. The van der Waals surface area contributed by atoms with E-state index < -0.39 is 0 Å². The van der Waals surface area contributed by atoms with E-state index in [-0.39, 0.29) is 48.6 Å². The van der Waals surface area contributed by atoms with E-state index in [2.05, 4.69) is 130 Å². The van der Waals surface area contributed by atoms with Gasteiger partial charge >= 0.3 is 179 Å². The molecule has 1 unspecified atom stereocenters. The van der Waals surface area contributed by atoms with Gasteiger partial charge in [-0.2, -0.15) is 0 Å². The van der Waals surface area contributed by atoms with Gasteiger partial charge < -0.3 is 37.2 Å². The van der Waals surface area contributed by atoms with Gasteiger partial charge in [0, 0.05) is 0 Å². The van der Waals surface area contributed by atoms with Gasteiger partial charge in [-0.25, -0.2) is 0 Å². The Morgan fingerprint density at radius 3 is 1.65 bits per heavy atom. The van der Waals surface area contributed by atoms with Crippen molar-refractivity contribution in [2.45, 2.75) is 18.3 Å². The molecule has 0 bridgehead atoms. The number of fused-ring (bicyclic) bond motifs is 3. The Balaban J connectivity index is 0.00000114. The second-order valence-corrected chi connectivity index (χ2v) is 8.56. The van der Waals surface area contributed by atoms with Gasteiger partial charge in [0.2, 0.25) is 0 Å². The normalized spacial score (nSPS) is 13.7. The Bertz CT molecular complexity index is 1100. The molecule has 0 aromatic heterocycles. The second kappa shape index (κ2) is 10.4. The quantitative estimate of drug-likeness (QED) is 0.264.